The minimum Gasteiger partial charge on any atom is -0.205 e. The molecule has 0 aromatic heterocycles. The van der Waals surface area contributed by atoms with E-state index in [1.54, 1.807) is 12.1 Å². The monoisotopic (exact) mass is 362 g/mol. The highest BCUT2D eigenvalue weighted by atomic mass is 19.3. The summed E-state index contributed by atoms with van der Waals surface area (Å²) in [5, 5.41) is 0. The van der Waals surface area contributed by atoms with E-state index >= 15 is 0 Å². The highest BCUT2D eigenvalue weighted by Gasteiger charge is 2.31. The lowest BCUT2D eigenvalue weighted by atomic mass is 9.68. The van der Waals surface area contributed by atoms with E-state index in [1.165, 1.54) is 82.6 Å². The maximum atomic E-state index is 12.7. The average molecular weight is 363 g/mol. The van der Waals surface area contributed by atoms with Crippen LogP contribution in [0.15, 0.2) is 24.3 Å². The number of hydrogen-bond donors (Lipinski definition) is 0. The van der Waals surface area contributed by atoms with Gasteiger partial charge in [-0.1, -0.05) is 69.7 Å². The van der Waals surface area contributed by atoms with Crippen molar-refractivity contribution in [2.75, 3.05) is 0 Å². The molecular formula is C24H36F2. The Balaban J connectivity index is 1.41. The SMILES string of the molecule is CCCCCC1CCC(C2CCC(c3ccc(C(F)F)cc3)CC2)CC1. The third-order valence-corrected chi connectivity index (χ3v) is 7.21. The molecule has 0 spiro atoms. The Bertz CT molecular complexity index is 506. The predicted octanol–water partition coefficient (Wildman–Crippen LogP) is 8.28. The summed E-state index contributed by atoms with van der Waals surface area (Å²) >= 11 is 0. The second kappa shape index (κ2) is 9.85. The second-order valence-corrected chi connectivity index (χ2v) is 8.86. The number of benzene rings is 1. The van der Waals surface area contributed by atoms with Crippen molar-refractivity contribution in [3.8, 4) is 0 Å². The number of halogens is 2. The Morgan fingerprint density at radius 3 is 1.92 bits per heavy atom. The lowest BCUT2D eigenvalue weighted by Gasteiger charge is -2.38. The van der Waals surface area contributed by atoms with Crippen LogP contribution in [0.25, 0.3) is 0 Å². The van der Waals surface area contributed by atoms with Crippen LogP contribution in [0.3, 0.4) is 0 Å². The normalized spacial score (nSPS) is 29.8. The molecule has 0 unspecified atom stereocenters. The van der Waals surface area contributed by atoms with Crippen molar-refractivity contribution >= 4 is 0 Å². The number of unbranched alkanes of at least 4 members (excludes halogenated alkanes) is 2. The van der Waals surface area contributed by atoms with Crippen molar-refractivity contribution in [3.63, 3.8) is 0 Å². The average Bonchev–Trinajstić information content (AvgIpc) is 2.69. The number of hydrogen-bond acceptors (Lipinski definition) is 0. The first-order valence-corrected chi connectivity index (χ1v) is 11.0. The van der Waals surface area contributed by atoms with Crippen molar-refractivity contribution in [1.29, 1.82) is 0 Å². The van der Waals surface area contributed by atoms with Gasteiger partial charge in [0, 0.05) is 5.56 Å². The van der Waals surface area contributed by atoms with E-state index in [2.05, 4.69) is 6.92 Å². The van der Waals surface area contributed by atoms with Gasteiger partial charge in [-0.25, -0.2) is 8.78 Å². The fraction of sp³-hybridized carbons (Fsp3) is 0.750. The molecule has 0 amide bonds. The van der Waals surface area contributed by atoms with Crippen LogP contribution in [-0.2, 0) is 0 Å². The molecular weight excluding hydrogens is 326 g/mol. The van der Waals surface area contributed by atoms with Gasteiger partial charge >= 0.3 is 0 Å². The van der Waals surface area contributed by atoms with Crippen LogP contribution in [0.1, 0.15) is 107 Å². The summed E-state index contributed by atoms with van der Waals surface area (Å²) in [5.74, 6) is 3.47. The molecule has 2 heteroatoms. The van der Waals surface area contributed by atoms with Crippen molar-refractivity contribution in [1.82, 2.24) is 0 Å². The molecule has 2 saturated carbocycles. The highest BCUT2D eigenvalue weighted by molar-refractivity contribution is 5.26. The summed E-state index contributed by atoms with van der Waals surface area (Å²) in [7, 11) is 0. The molecule has 3 rings (SSSR count). The van der Waals surface area contributed by atoms with E-state index in [0.717, 1.165) is 17.8 Å². The van der Waals surface area contributed by atoms with Gasteiger partial charge in [0.2, 0.25) is 0 Å². The zero-order valence-electron chi connectivity index (χ0n) is 16.4. The molecule has 2 fully saturated rings. The van der Waals surface area contributed by atoms with E-state index in [-0.39, 0.29) is 5.56 Å². The lowest BCUT2D eigenvalue weighted by molar-refractivity contribution is 0.151. The van der Waals surface area contributed by atoms with E-state index in [1.807, 2.05) is 12.1 Å². The third-order valence-electron chi connectivity index (χ3n) is 7.21. The van der Waals surface area contributed by atoms with Gasteiger partial charge < -0.3 is 0 Å². The van der Waals surface area contributed by atoms with E-state index < -0.39 is 6.43 Å². The predicted molar refractivity (Wildman–Crippen MR) is 106 cm³/mol. The molecule has 26 heavy (non-hydrogen) atoms. The molecule has 0 radical (unpaired) electrons. The van der Waals surface area contributed by atoms with Crippen LogP contribution in [0, 0.1) is 17.8 Å². The maximum absolute atomic E-state index is 12.7. The van der Waals surface area contributed by atoms with Crippen LogP contribution < -0.4 is 0 Å². The summed E-state index contributed by atoms with van der Waals surface area (Å²) in [4.78, 5) is 0. The quantitative estimate of drug-likeness (QED) is 0.428. The van der Waals surface area contributed by atoms with Gasteiger partial charge in [0.05, 0.1) is 0 Å². The molecule has 0 bridgehead atoms. The third kappa shape index (κ3) is 5.30. The maximum Gasteiger partial charge on any atom is 0.263 e. The molecule has 146 valence electrons. The Morgan fingerprint density at radius 2 is 1.38 bits per heavy atom. The summed E-state index contributed by atoms with van der Waals surface area (Å²) in [6, 6.07) is 7.11. The first kappa shape index (κ1) is 19.8. The van der Waals surface area contributed by atoms with Crippen LogP contribution in [0.2, 0.25) is 0 Å². The van der Waals surface area contributed by atoms with Gasteiger partial charge in [-0.3, -0.25) is 0 Å². The van der Waals surface area contributed by atoms with Crippen LogP contribution in [-0.4, -0.2) is 0 Å². The minimum absolute atomic E-state index is 0.151. The van der Waals surface area contributed by atoms with Crippen molar-refractivity contribution in [3.05, 3.63) is 35.4 Å². The zero-order valence-corrected chi connectivity index (χ0v) is 16.4. The molecule has 1 aromatic carbocycles. The van der Waals surface area contributed by atoms with Gasteiger partial charge in [0.25, 0.3) is 6.43 Å². The van der Waals surface area contributed by atoms with Gasteiger partial charge in [0.1, 0.15) is 0 Å². The smallest absolute Gasteiger partial charge is 0.205 e. The Kier molecular flexibility index (Phi) is 7.52. The Morgan fingerprint density at radius 1 is 0.808 bits per heavy atom. The fourth-order valence-electron chi connectivity index (χ4n) is 5.47. The Hall–Kier alpha value is -0.920. The molecule has 2 aliphatic carbocycles. The molecule has 0 aliphatic heterocycles. The van der Waals surface area contributed by atoms with Crippen molar-refractivity contribution < 1.29 is 8.78 Å². The summed E-state index contributed by atoms with van der Waals surface area (Å²) in [5.41, 5.74) is 1.42. The van der Waals surface area contributed by atoms with Crippen molar-refractivity contribution in [2.24, 2.45) is 17.8 Å². The lowest BCUT2D eigenvalue weighted by Crippen LogP contribution is -2.25. The number of rotatable bonds is 7. The molecule has 0 nitrogen and oxygen atoms in total. The molecule has 0 N–H and O–H groups in total. The van der Waals surface area contributed by atoms with E-state index in [9.17, 15) is 8.78 Å². The standard InChI is InChI=1S/C24H36F2/c1-2-3-4-5-18-6-8-19(9-7-18)20-10-12-21(13-11-20)22-14-16-23(17-15-22)24(25)26/h14-21,24H,2-13H2,1H3. The molecule has 0 atom stereocenters. The molecule has 2 aliphatic rings. The Labute approximate surface area is 158 Å². The topological polar surface area (TPSA) is 0 Å². The second-order valence-electron chi connectivity index (χ2n) is 8.86. The van der Waals surface area contributed by atoms with Gasteiger partial charge in [0.15, 0.2) is 0 Å². The van der Waals surface area contributed by atoms with Gasteiger partial charge in [-0.05, 0) is 67.8 Å². The summed E-state index contributed by atoms with van der Waals surface area (Å²) < 4.78 is 25.4. The molecule has 1 aromatic rings. The van der Waals surface area contributed by atoms with Gasteiger partial charge in [-0.15, -0.1) is 0 Å². The van der Waals surface area contributed by atoms with Crippen LogP contribution in [0.5, 0.6) is 0 Å². The zero-order chi connectivity index (χ0) is 18.4. The largest absolute Gasteiger partial charge is 0.263 e. The molecule has 0 heterocycles. The van der Waals surface area contributed by atoms with E-state index in [0.29, 0.717) is 5.92 Å². The van der Waals surface area contributed by atoms with Crippen LogP contribution in [0.4, 0.5) is 8.78 Å². The highest BCUT2D eigenvalue weighted by Crippen LogP contribution is 2.44. The first-order chi connectivity index (χ1) is 12.7. The summed E-state index contributed by atoms with van der Waals surface area (Å²) in [6.07, 6.45) is 14.3. The van der Waals surface area contributed by atoms with E-state index in [4.69, 9.17) is 0 Å². The van der Waals surface area contributed by atoms with Gasteiger partial charge in [-0.2, -0.15) is 0 Å². The summed E-state index contributed by atoms with van der Waals surface area (Å²) in [6.45, 7) is 2.29. The van der Waals surface area contributed by atoms with Crippen molar-refractivity contribution in [2.45, 2.75) is 96.3 Å². The minimum atomic E-state index is -2.35. The molecule has 0 saturated heterocycles. The van der Waals surface area contributed by atoms with Crippen LogP contribution >= 0.6 is 0 Å². The first-order valence-electron chi connectivity index (χ1n) is 11.0. The number of alkyl halides is 2. The fourth-order valence-corrected chi connectivity index (χ4v) is 5.47.